The summed E-state index contributed by atoms with van der Waals surface area (Å²) in [6, 6.07) is 12.1. The summed E-state index contributed by atoms with van der Waals surface area (Å²) in [4.78, 5) is 27.4. The zero-order valence-electron chi connectivity index (χ0n) is 18.3. The molecule has 0 aliphatic heterocycles. The maximum absolute atomic E-state index is 13.2. The molecule has 0 aliphatic rings. The average molecular weight is 465 g/mol. The van der Waals surface area contributed by atoms with E-state index < -0.39 is 6.04 Å². The second-order valence-corrected chi connectivity index (χ2v) is 8.10. The molecule has 0 spiro atoms. The molecule has 0 aromatic heterocycles. The number of hydrogen-bond donors (Lipinski definition) is 1. The van der Waals surface area contributed by atoms with Crippen molar-refractivity contribution in [3.05, 3.63) is 63.6 Å². The number of aryl methyl sites for hydroxylation is 1. The van der Waals surface area contributed by atoms with Gasteiger partial charge in [0.05, 0.1) is 0 Å². The fraction of sp³-hybridized carbons (Fsp3) is 0.417. The van der Waals surface area contributed by atoms with Crippen molar-refractivity contribution in [1.82, 2.24) is 10.2 Å². The molecule has 2 aromatic carbocycles. The number of amides is 2. The summed E-state index contributed by atoms with van der Waals surface area (Å²) in [6.45, 7) is 6.51. The predicted molar refractivity (Wildman–Crippen MR) is 126 cm³/mol. The van der Waals surface area contributed by atoms with E-state index in [0.717, 1.165) is 12.8 Å². The van der Waals surface area contributed by atoms with Gasteiger partial charge < -0.3 is 15.0 Å². The minimum Gasteiger partial charge on any atom is -0.484 e. The Morgan fingerprint density at radius 3 is 2.35 bits per heavy atom. The average Bonchev–Trinajstić information content (AvgIpc) is 2.77. The van der Waals surface area contributed by atoms with Crippen molar-refractivity contribution < 1.29 is 14.3 Å². The summed E-state index contributed by atoms with van der Waals surface area (Å²) in [5.41, 5.74) is 1.91. The van der Waals surface area contributed by atoms with Crippen molar-refractivity contribution in [3.8, 4) is 5.75 Å². The third-order valence-corrected chi connectivity index (χ3v) is 5.57. The van der Waals surface area contributed by atoms with Gasteiger partial charge in [0.15, 0.2) is 6.61 Å². The molecular weight excluding hydrogens is 435 g/mol. The van der Waals surface area contributed by atoms with Gasteiger partial charge in [-0.25, -0.2) is 0 Å². The van der Waals surface area contributed by atoms with Crippen molar-refractivity contribution in [2.24, 2.45) is 0 Å². The molecule has 0 radical (unpaired) electrons. The van der Waals surface area contributed by atoms with Crippen LogP contribution in [0.2, 0.25) is 10.0 Å². The molecule has 1 N–H and O–H groups in total. The number of nitrogens with one attached hydrogen (secondary N) is 1. The molecule has 2 rings (SSSR count). The first-order valence-corrected chi connectivity index (χ1v) is 11.4. The molecule has 0 aliphatic carbocycles. The van der Waals surface area contributed by atoms with Crippen LogP contribution in [0.5, 0.6) is 5.75 Å². The SMILES string of the molecule is CCCNC(=O)C(CC)N(Cc1ccc(Cl)cc1Cl)C(=O)COc1ccc(CC)cc1. The Hall–Kier alpha value is -2.24. The Morgan fingerprint density at radius 2 is 1.77 bits per heavy atom. The molecule has 0 fully saturated rings. The second kappa shape index (κ2) is 12.6. The smallest absolute Gasteiger partial charge is 0.261 e. The van der Waals surface area contributed by atoms with Crippen molar-refractivity contribution >= 4 is 35.0 Å². The topological polar surface area (TPSA) is 58.6 Å². The van der Waals surface area contributed by atoms with Gasteiger partial charge in [-0.1, -0.05) is 62.2 Å². The first-order valence-electron chi connectivity index (χ1n) is 10.6. The van der Waals surface area contributed by atoms with E-state index in [9.17, 15) is 9.59 Å². The van der Waals surface area contributed by atoms with E-state index in [1.54, 1.807) is 18.2 Å². The largest absolute Gasteiger partial charge is 0.484 e. The van der Waals surface area contributed by atoms with Crippen molar-refractivity contribution in [2.75, 3.05) is 13.2 Å². The van der Waals surface area contributed by atoms with Crippen LogP contribution in [-0.4, -0.2) is 35.9 Å². The minimum absolute atomic E-state index is 0.172. The minimum atomic E-state index is -0.628. The van der Waals surface area contributed by atoms with Gasteiger partial charge in [-0.15, -0.1) is 0 Å². The van der Waals surface area contributed by atoms with Crippen LogP contribution in [0.4, 0.5) is 0 Å². The molecule has 1 atom stereocenters. The lowest BCUT2D eigenvalue weighted by Crippen LogP contribution is -2.50. The number of benzene rings is 2. The predicted octanol–water partition coefficient (Wildman–Crippen LogP) is 5.27. The molecule has 5 nitrogen and oxygen atoms in total. The van der Waals surface area contributed by atoms with Gasteiger partial charge in [0.2, 0.25) is 5.91 Å². The Bertz CT molecular complexity index is 872. The summed E-state index contributed by atoms with van der Waals surface area (Å²) in [7, 11) is 0. The van der Waals surface area contributed by atoms with Crippen LogP contribution < -0.4 is 10.1 Å². The maximum Gasteiger partial charge on any atom is 0.261 e. The van der Waals surface area contributed by atoms with Crippen molar-refractivity contribution in [1.29, 1.82) is 0 Å². The van der Waals surface area contributed by atoms with Crippen LogP contribution in [0.1, 0.15) is 44.7 Å². The molecule has 2 aromatic rings. The van der Waals surface area contributed by atoms with E-state index >= 15 is 0 Å². The zero-order chi connectivity index (χ0) is 22.8. The highest BCUT2D eigenvalue weighted by Crippen LogP contribution is 2.24. The van der Waals surface area contributed by atoms with E-state index in [4.69, 9.17) is 27.9 Å². The molecule has 0 saturated carbocycles. The number of carbonyl (C=O) groups excluding carboxylic acids is 2. The summed E-state index contributed by atoms with van der Waals surface area (Å²) >= 11 is 12.3. The number of ether oxygens (including phenoxy) is 1. The molecule has 7 heteroatoms. The van der Waals surface area contributed by atoms with E-state index in [1.165, 1.54) is 10.5 Å². The number of rotatable bonds is 11. The Labute approximate surface area is 194 Å². The molecule has 0 saturated heterocycles. The lowest BCUT2D eigenvalue weighted by Gasteiger charge is -2.31. The third kappa shape index (κ3) is 7.44. The van der Waals surface area contributed by atoms with Crippen molar-refractivity contribution in [3.63, 3.8) is 0 Å². The van der Waals surface area contributed by atoms with Gasteiger partial charge in [-0.3, -0.25) is 9.59 Å². The van der Waals surface area contributed by atoms with Crippen LogP contribution in [-0.2, 0) is 22.6 Å². The quantitative estimate of drug-likeness (QED) is 0.492. The second-order valence-electron chi connectivity index (χ2n) is 7.26. The lowest BCUT2D eigenvalue weighted by molar-refractivity contribution is -0.143. The van der Waals surface area contributed by atoms with E-state index in [-0.39, 0.29) is 25.0 Å². The van der Waals surface area contributed by atoms with E-state index in [1.807, 2.05) is 38.1 Å². The summed E-state index contributed by atoms with van der Waals surface area (Å²) in [5.74, 6) is 0.137. The molecule has 0 heterocycles. The monoisotopic (exact) mass is 464 g/mol. The number of nitrogens with zero attached hydrogens (tertiary/aromatic N) is 1. The van der Waals surface area contributed by atoms with Crippen molar-refractivity contribution in [2.45, 2.75) is 52.6 Å². The third-order valence-electron chi connectivity index (χ3n) is 4.98. The van der Waals surface area contributed by atoms with Crippen LogP contribution in [0.3, 0.4) is 0 Å². The number of hydrogen-bond acceptors (Lipinski definition) is 3. The fourth-order valence-corrected chi connectivity index (χ4v) is 3.64. The molecular formula is C24H30Cl2N2O3. The van der Waals surface area contributed by atoms with E-state index in [0.29, 0.717) is 34.3 Å². The van der Waals surface area contributed by atoms with Crippen LogP contribution in [0.25, 0.3) is 0 Å². The molecule has 0 bridgehead atoms. The van der Waals surface area contributed by atoms with Crippen LogP contribution >= 0.6 is 23.2 Å². The highest BCUT2D eigenvalue weighted by Gasteiger charge is 2.29. The summed E-state index contributed by atoms with van der Waals surface area (Å²) < 4.78 is 5.71. The standard InChI is InChI=1S/C24H30Cl2N2O3/c1-4-13-27-24(30)22(6-3)28(15-18-9-10-19(25)14-21(18)26)23(29)16-31-20-11-7-17(5-2)8-12-20/h7-12,14,22H,4-6,13,15-16H2,1-3H3,(H,27,30). The first-order chi connectivity index (χ1) is 14.9. The molecule has 2 amide bonds. The fourth-order valence-electron chi connectivity index (χ4n) is 3.17. The lowest BCUT2D eigenvalue weighted by atomic mass is 10.1. The number of carbonyl (C=O) groups is 2. The van der Waals surface area contributed by atoms with Crippen LogP contribution in [0.15, 0.2) is 42.5 Å². The van der Waals surface area contributed by atoms with Gasteiger partial charge in [0.25, 0.3) is 5.91 Å². The zero-order valence-corrected chi connectivity index (χ0v) is 19.8. The molecule has 1 unspecified atom stereocenters. The van der Waals surface area contributed by atoms with Crippen LogP contribution in [0, 0.1) is 0 Å². The Morgan fingerprint density at radius 1 is 1.06 bits per heavy atom. The van der Waals surface area contributed by atoms with Gasteiger partial charge in [-0.2, -0.15) is 0 Å². The first kappa shape index (κ1) is 25.0. The Kier molecular flexibility index (Phi) is 10.2. The highest BCUT2D eigenvalue weighted by atomic mass is 35.5. The molecule has 31 heavy (non-hydrogen) atoms. The van der Waals surface area contributed by atoms with Gasteiger partial charge in [0, 0.05) is 23.1 Å². The summed E-state index contributed by atoms with van der Waals surface area (Å²) in [5, 5.41) is 3.85. The summed E-state index contributed by atoms with van der Waals surface area (Å²) in [6.07, 6.45) is 2.22. The van der Waals surface area contributed by atoms with E-state index in [2.05, 4.69) is 12.2 Å². The van der Waals surface area contributed by atoms with Gasteiger partial charge in [-0.05, 0) is 54.7 Å². The number of halogens is 2. The maximum atomic E-state index is 13.2. The Balaban J connectivity index is 2.21. The van der Waals surface area contributed by atoms with Gasteiger partial charge >= 0.3 is 0 Å². The normalized spacial score (nSPS) is 11.6. The molecule has 168 valence electrons. The highest BCUT2D eigenvalue weighted by molar-refractivity contribution is 6.35. The van der Waals surface area contributed by atoms with Gasteiger partial charge in [0.1, 0.15) is 11.8 Å².